The van der Waals surface area contributed by atoms with Crippen LogP contribution in [-0.2, 0) is 24.3 Å². The van der Waals surface area contributed by atoms with E-state index in [0.717, 1.165) is 46.2 Å². The number of aromatic nitrogens is 1. The Morgan fingerprint density at radius 1 is 1.43 bits per heavy atom. The normalized spacial score (nSPS) is 14.9. The van der Waals surface area contributed by atoms with Gasteiger partial charge < -0.3 is 14.8 Å². The van der Waals surface area contributed by atoms with Crippen molar-refractivity contribution in [3.05, 3.63) is 62.1 Å². The first-order chi connectivity index (χ1) is 13.4. The minimum Gasteiger partial charge on any atom is -0.494 e. The summed E-state index contributed by atoms with van der Waals surface area (Å²) >= 11 is 0. The summed E-state index contributed by atoms with van der Waals surface area (Å²) in [5.74, 6) is 1.00. The van der Waals surface area contributed by atoms with E-state index in [9.17, 15) is 19.7 Å². The number of rotatable bonds is 7. The molecule has 1 aliphatic heterocycles. The molecule has 0 fully saturated rings. The van der Waals surface area contributed by atoms with Gasteiger partial charge in [-0.15, -0.1) is 0 Å². The fourth-order valence-electron chi connectivity index (χ4n) is 3.06. The van der Waals surface area contributed by atoms with Crippen LogP contribution in [-0.4, -0.2) is 28.1 Å². The van der Waals surface area contributed by atoms with Gasteiger partial charge in [-0.05, 0) is 26.0 Å². The lowest BCUT2D eigenvalue weighted by Crippen LogP contribution is -2.31. The van der Waals surface area contributed by atoms with Gasteiger partial charge >= 0.3 is 0 Å². The third kappa shape index (κ3) is 4.30. The van der Waals surface area contributed by atoms with Crippen molar-refractivity contribution < 1.29 is 19.2 Å². The van der Waals surface area contributed by atoms with Gasteiger partial charge in [0.2, 0.25) is 5.91 Å². The van der Waals surface area contributed by atoms with E-state index in [0.29, 0.717) is 12.4 Å². The van der Waals surface area contributed by atoms with Gasteiger partial charge in [0.25, 0.3) is 11.2 Å². The predicted molar refractivity (Wildman–Crippen MR) is 101 cm³/mol. The number of ether oxygens (including phenoxy) is 2. The summed E-state index contributed by atoms with van der Waals surface area (Å²) in [5.41, 5.74) is 1.08. The first-order valence-electron chi connectivity index (χ1n) is 8.94. The summed E-state index contributed by atoms with van der Waals surface area (Å²) in [6.07, 6.45) is 1.95. The van der Waals surface area contributed by atoms with Crippen molar-refractivity contribution in [2.45, 2.75) is 39.5 Å². The number of fused-ring (bicyclic) bond motifs is 1. The van der Waals surface area contributed by atoms with Crippen LogP contribution in [0.25, 0.3) is 0 Å². The minimum absolute atomic E-state index is 0.0927. The van der Waals surface area contributed by atoms with Crippen LogP contribution < -0.4 is 20.3 Å². The van der Waals surface area contributed by atoms with Gasteiger partial charge in [-0.25, -0.2) is 0 Å². The van der Waals surface area contributed by atoms with E-state index in [1.54, 1.807) is 0 Å². The molecule has 0 saturated carbocycles. The molecular weight excluding hydrogens is 366 g/mol. The van der Waals surface area contributed by atoms with Crippen molar-refractivity contribution in [3.63, 3.8) is 0 Å². The molecule has 0 aliphatic carbocycles. The molecule has 1 aromatic carbocycles. The second-order valence-corrected chi connectivity index (χ2v) is 6.52. The Hall–Kier alpha value is -3.36. The molecule has 1 aromatic heterocycles. The van der Waals surface area contributed by atoms with E-state index in [1.807, 2.05) is 26.0 Å². The molecule has 0 bridgehead atoms. The van der Waals surface area contributed by atoms with Crippen molar-refractivity contribution in [3.8, 4) is 11.5 Å². The number of carbonyl (C=O) groups excluding carboxylic acids is 1. The smallest absolute Gasteiger partial charge is 0.285 e. The fourth-order valence-corrected chi connectivity index (χ4v) is 3.06. The van der Waals surface area contributed by atoms with Crippen LogP contribution in [0.4, 0.5) is 5.69 Å². The summed E-state index contributed by atoms with van der Waals surface area (Å²) in [7, 11) is 0. The molecule has 1 aliphatic rings. The van der Waals surface area contributed by atoms with Crippen molar-refractivity contribution in [1.29, 1.82) is 0 Å². The first kappa shape index (κ1) is 19.4. The van der Waals surface area contributed by atoms with Gasteiger partial charge in [-0.1, -0.05) is 0 Å². The van der Waals surface area contributed by atoms with E-state index in [1.165, 1.54) is 0 Å². The van der Waals surface area contributed by atoms with E-state index < -0.39 is 16.4 Å². The maximum atomic E-state index is 12.3. The molecule has 9 heteroatoms. The van der Waals surface area contributed by atoms with Crippen molar-refractivity contribution in [2.75, 3.05) is 6.61 Å². The Morgan fingerprint density at radius 3 is 2.93 bits per heavy atom. The summed E-state index contributed by atoms with van der Waals surface area (Å²) in [6.45, 7) is 4.22. The Balaban J connectivity index is 1.71. The number of pyridine rings is 1. The van der Waals surface area contributed by atoms with Gasteiger partial charge in [0.05, 0.1) is 17.7 Å². The van der Waals surface area contributed by atoms with Gasteiger partial charge in [0, 0.05) is 36.2 Å². The molecule has 1 unspecified atom stereocenters. The fraction of sp³-hybridized carbons (Fsp3) is 0.368. The van der Waals surface area contributed by atoms with Crippen molar-refractivity contribution in [2.24, 2.45) is 0 Å². The molecule has 0 saturated heterocycles. The molecule has 3 rings (SSSR count). The lowest BCUT2D eigenvalue weighted by Gasteiger charge is -2.13. The molecule has 1 atom stereocenters. The minimum atomic E-state index is -0.617. The predicted octanol–water partition coefficient (Wildman–Crippen LogP) is 1.79. The molecule has 1 amide bonds. The topological polar surface area (TPSA) is 113 Å². The summed E-state index contributed by atoms with van der Waals surface area (Å²) < 4.78 is 12.4. The number of nitro groups is 1. The van der Waals surface area contributed by atoms with Crippen LogP contribution in [0.3, 0.4) is 0 Å². The number of nitrogens with zero attached hydrogens (tertiary/aromatic N) is 2. The van der Waals surface area contributed by atoms with E-state index in [2.05, 4.69) is 5.32 Å². The average molecular weight is 387 g/mol. The lowest BCUT2D eigenvalue weighted by atomic mass is 10.1. The van der Waals surface area contributed by atoms with Gasteiger partial charge in [-0.3, -0.25) is 24.3 Å². The number of benzene rings is 1. The van der Waals surface area contributed by atoms with Crippen LogP contribution in [0.1, 0.15) is 25.0 Å². The lowest BCUT2D eigenvalue weighted by molar-refractivity contribution is -0.385. The molecule has 9 nitrogen and oxygen atoms in total. The Morgan fingerprint density at radius 2 is 2.21 bits per heavy atom. The van der Waals surface area contributed by atoms with E-state index >= 15 is 0 Å². The molecule has 28 heavy (non-hydrogen) atoms. The maximum absolute atomic E-state index is 12.3. The van der Waals surface area contributed by atoms with Crippen LogP contribution in [0, 0.1) is 10.1 Å². The number of hydrogen-bond acceptors (Lipinski definition) is 6. The zero-order chi connectivity index (χ0) is 20.3. The van der Waals surface area contributed by atoms with Gasteiger partial charge in [-0.2, -0.15) is 0 Å². The molecule has 2 heterocycles. The molecule has 148 valence electrons. The molecule has 2 aromatic rings. The summed E-state index contributed by atoms with van der Waals surface area (Å²) in [5, 5.41) is 13.6. The first-order valence-corrected chi connectivity index (χ1v) is 8.94. The van der Waals surface area contributed by atoms with Crippen LogP contribution >= 0.6 is 0 Å². The maximum Gasteiger partial charge on any atom is 0.285 e. The molecule has 1 N–H and O–H groups in total. The third-order valence-corrected chi connectivity index (χ3v) is 4.35. The Labute approximate surface area is 161 Å². The zero-order valence-corrected chi connectivity index (χ0v) is 15.6. The zero-order valence-electron chi connectivity index (χ0n) is 15.6. The number of carbonyl (C=O) groups is 1. The highest BCUT2D eigenvalue weighted by Crippen LogP contribution is 2.35. The number of nitrogens with one attached hydrogen (secondary N) is 1. The van der Waals surface area contributed by atoms with E-state index in [4.69, 9.17) is 9.47 Å². The standard InChI is InChI=1S/C19H21N3O6/c1-3-27-16-7-13-6-12(2)28-17(13)8-14(16)9-20-18(23)11-21-10-15(22(25)26)4-5-19(21)24/h4-5,7-8,10,12H,3,6,9,11H2,1-2H3,(H,20,23). The van der Waals surface area contributed by atoms with Crippen LogP contribution in [0.5, 0.6) is 11.5 Å². The monoisotopic (exact) mass is 387 g/mol. The average Bonchev–Trinajstić information content (AvgIpc) is 3.00. The Bertz CT molecular complexity index is 969. The number of amides is 1. The van der Waals surface area contributed by atoms with Gasteiger partial charge in [0.1, 0.15) is 24.1 Å². The van der Waals surface area contributed by atoms with Crippen LogP contribution in [0.2, 0.25) is 0 Å². The molecular formula is C19H21N3O6. The summed E-state index contributed by atoms with van der Waals surface area (Å²) in [4.78, 5) is 34.3. The molecule has 0 radical (unpaired) electrons. The summed E-state index contributed by atoms with van der Waals surface area (Å²) in [6, 6.07) is 5.95. The second kappa shape index (κ2) is 8.12. The van der Waals surface area contributed by atoms with Gasteiger partial charge in [0.15, 0.2) is 0 Å². The largest absolute Gasteiger partial charge is 0.494 e. The Kier molecular flexibility index (Phi) is 5.62. The highest BCUT2D eigenvalue weighted by Gasteiger charge is 2.22. The molecule has 0 spiro atoms. The third-order valence-electron chi connectivity index (χ3n) is 4.35. The van der Waals surface area contributed by atoms with Crippen LogP contribution in [0.15, 0.2) is 35.3 Å². The second-order valence-electron chi connectivity index (χ2n) is 6.52. The van der Waals surface area contributed by atoms with Crippen molar-refractivity contribution in [1.82, 2.24) is 9.88 Å². The highest BCUT2D eigenvalue weighted by molar-refractivity contribution is 5.75. The SMILES string of the molecule is CCOc1cc2c(cc1CNC(=O)Cn1cc([N+](=O)[O-])ccc1=O)OC(C)C2. The quantitative estimate of drug-likeness (QED) is 0.573. The highest BCUT2D eigenvalue weighted by atomic mass is 16.6. The number of hydrogen-bond donors (Lipinski definition) is 1. The van der Waals surface area contributed by atoms with E-state index in [-0.39, 0.29) is 24.9 Å². The van der Waals surface area contributed by atoms with Crippen molar-refractivity contribution >= 4 is 11.6 Å².